The highest BCUT2D eigenvalue weighted by atomic mass is 35.5. The van der Waals surface area contributed by atoms with Crippen molar-refractivity contribution in [2.24, 2.45) is 5.10 Å². The summed E-state index contributed by atoms with van der Waals surface area (Å²) in [4.78, 5) is 23.8. The minimum Gasteiger partial charge on any atom is -0.322 e. The van der Waals surface area contributed by atoms with E-state index in [1.54, 1.807) is 31.2 Å². The number of imide groups is 1. The first-order chi connectivity index (χ1) is 8.96. The Balaban J connectivity index is 2.20. The van der Waals surface area contributed by atoms with Crippen LogP contribution in [0.15, 0.2) is 29.4 Å². The molecule has 0 aliphatic carbocycles. The molecule has 0 spiro atoms. The van der Waals surface area contributed by atoms with Crippen molar-refractivity contribution in [1.29, 1.82) is 0 Å². The van der Waals surface area contributed by atoms with Gasteiger partial charge in [0, 0.05) is 5.02 Å². The van der Waals surface area contributed by atoms with Crippen molar-refractivity contribution in [2.45, 2.75) is 25.8 Å². The number of nitrogens with one attached hydrogen (secondary N) is 1. The second-order valence-corrected chi connectivity index (χ2v) is 4.97. The first-order valence-electron chi connectivity index (χ1n) is 5.92. The number of nitrogens with zero attached hydrogens (tertiary/aromatic N) is 2. The molecule has 3 amide bonds. The summed E-state index contributed by atoms with van der Waals surface area (Å²) in [6.45, 7) is 3.52. The van der Waals surface area contributed by atoms with Gasteiger partial charge in [-0.05, 0) is 31.0 Å². The molecule has 1 aliphatic rings. The zero-order valence-corrected chi connectivity index (χ0v) is 11.4. The fourth-order valence-corrected chi connectivity index (χ4v) is 1.92. The third kappa shape index (κ3) is 2.61. The van der Waals surface area contributed by atoms with Crippen LogP contribution in [-0.4, -0.2) is 28.7 Å². The Hall–Kier alpha value is -1.88. The zero-order valence-electron chi connectivity index (χ0n) is 10.7. The van der Waals surface area contributed by atoms with Crippen LogP contribution in [0.2, 0.25) is 5.02 Å². The molecule has 0 bridgehead atoms. The van der Waals surface area contributed by atoms with Gasteiger partial charge < -0.3 is 5.32 Å². The Kier molecular flexibility index (Phi) is 3.57. The zero-order chi connectivity index (χ0) is 14.0. The lowest BCUT2D eigenvalue weighted by atomic mass is 10.00. The summed E-state index contributed by atoms with van der Waals surface area (Å²) in [6.07, 6.45) is 1.95. The molecule has 0 aromatic heterocycles. The van der Waals surface area contributed by atoms with Gasteiger partial charge in [0.05, 0.1) is 6.21 Å². The van der Waals surface area contributed by atoms with Gasteiger partial charge in [0.25, 0.3) is 5.91 Å². The van der Waals surface area contributed by atoms with Crippen molar-refractivity contribution in [3.63, 3.8) is 0 Å². The maximum atomic E-state index is 12.1. The number of amides is 3. The van der Waals surface area contributed by atoms with Crippen LogP contribution in [0.25, 0.3) is 0 Å². The first-order valence-corrected chi connectivity index (χ1v) is 6.30. The molecule has 1 fully saturated rings. The van der Waals surface area contributed by atoms with Crippen LogP contribution >= 0.6 is 11.6 Å². The van der Waals surface area contributed by atoms with Gasteiger partial charge in [-0.25, -0.2) is 4.79 Å². The number of carbonyl (C=O) groups excluding carboxylic acids is 2. The molecule has 1 aliphatic heterocycles. The second-order valence-electron chi connectivity index (χ2n) is 4.53. The van der Waals surface area contributed by atoms with E-state index in [1.807, 2.05) is 6.92 Å². The number of hydrazone groups is 1. The average molecular weight is 280 g/mol. The number of rotatable bonds is 3. The molecule has 1 N–H and O–H groups in total. The second kappa shape index (κ2) is 5.01. The van der Waals surface area contributed by atoms with Crippen LogP contribution in [0.4, 0.5) is 4.79 Å². The van der Waals surface area contributed by atoms with Gasteiger partial charge in [-0.2, -0.15) is 5.10 Å². The number of urea groups is 1. The molecular formula is C13H14ClN3O2. The minimum atomic E-state index is -0.872. The number of carbonyl (C=O) groups is 2. The standard InChI is InChI=1S/C13H14ClN3O2/c1-3-13(2)11(18)17(12(19)16-13)15-8-9-5-4-6-10(14)7-9/h4-8H,3H2,1-2H3,(H,16,19)/b15-8-/t13-/m1/s1. The summed E-state index contributed by atoms with van der Waals surface area (Å²) < 4.78 is 0. The van der Waals surface area contributed by atoms with Gasteiger partial charge in [-0.15, -0.1) is 5.01 Å². The monoisotopic (exact) mass is 279 g/mol. The fraction of sp³-hybridized carbons (Fsp3) is 0.308. The van der Waals surface area contributed by atoms with Crippen molar-refractivity contribution in [2.75, 3.05) is 0 Å². The SMILES string of the molecule is CC[C@@]1(C)NC(=O)N(/N=C\c2cccc(Cl)c2)C1=O. The molecule has 2 rings (SSSR count). The van der Waals surface area contributed by atoms with Gasteiger partial charge in [0.15, 0.2) is 0 Å². The van der Waals surface area contributed by atoms with Crippen molar-refractivity contribution >= 4 is 29.8 Å². The molecule has 1 heterocycles. The Labute approximate surface area is 116 Å². The van der Waals surface area contributed by atoms with Crippen molar-refractivity contribution < 1.29 is 9.59 Å². The molecule has 5 nitrogen and oxygen atoms in total. The molecule has 0 radical (unpaired) electrons. The lowest BCUT2D eigenvalue weighted by molar-refractivity contribution is -0.130. The number of benzene rings is 1. The quantitative estimate of drug-likeness (QED) is 0.682. The van der Waals surface area contributed by atoms with Gasteiger partial charge in [0.1, 0.15) is 5.54 Å². The van der Waals surface area contributed by atoms with Crippen LogP contribution in [-0.2, 0) is 4.79 Å². The van der Waals surface area contributed by atoms with E-state index in [2.05, 4.69) is 10.4 Å². The predicted molar refractivity (Wildman–Crippen MR) is 73.1 cm³/mol. The van der Waals surface area contributed by atoms with Gasteiger partial charge in [-0.1, -0.05) is 30.7 Å². The normalized spacial score (nSPS) is 23.2. The van der Waals surface area contributed by atoms with E-state index in [1.165, 1.54) is 6.21 Å². The molecule has 1 aromatic carbocycles. The Bertz CT molecular complexity index is 559. The predicted octanol–water partition coefficient (Wildman–Crippen LogP) is 2.39. The van der Waals surface area contributed by atoms with Crippen LogP contribution in [0.3, 0.4) is 0 Å². The van der Waals surface area contributed by atoms with E-state index in [9.17, 15) is 9.59 Å². The lowest BCUT2D eigenvalue weighted by Crippen LogP contribution is -2.42. The van der Waals surface area contributed by atoms with Crippen LogP contribution in [0.5, 0.6) is 0 Å². The molecule has 0 unspecified atom stereocenters. The maximum Gasteiger partial charge on any atom is 0.346 e. The third-order valence-electron chi connectivity index (χ3n) is 3.12. The van der Waals surface area contributed by atoms with E-state index in [-0.39, 0.29) is 5.91 Å². The highest BCUT2D eigenvalue weighted by Crippen LogP contribution is 2.21. The number of hydrogen-bond acceptors (Lipinski definition) is 3. The van der Waals surface area contributed by atoms with Crippen molar-refractivity contribution in [3.8, 4) is 0 Å². The molecule has 0 saturated carbocycles. The summed E-state index contributed by atoms with van der Waals surface area (Å²) in [5.41, 5.74) is -0.152. The summed E-state index contributed by atoms with van der Waals surface area (Å²) in [7, 11) is 0. The molecule has 100 valence electrons. The van der Waals surface area contributed by atoms with E-state index in [0.717, 1.165) is 10.6 Å². The first kappa shape index (κ1) is 13.5. The fourth-order valence-electron chi connectivity index (χ4n) is 1.72. The molecular weight excluding hydrogens is 266 g/mol. The highest BCUT2D eigenvalue weighted by Gasteiger charge is 2.46. The smallest absolute Gasteiger partial charge is 0.322 e. The third-order valence-corrected chi connectivity index (χ3v) is 3.35. The van der Waals surface area contributed by atoms with Crippen LogP contribution in [0, 0.1) is 0 Å². The van der Waals surface area contributed by atoms with Crippen LogP contribution in [0.1, 0.15) is 25.8 Å². The number of hydrogen-bond donors (Lipinski definition) is 1. The van der Waals surface area contributed by atoms with Gasteiger partial charge in [-0.3, -0.25) is 4.79 Å². The largest absolute Gasteiger partial charge is 0.346 e. The van der Waals surface area contributed by atoms with Crippen LogP contribution < -0.4 is 5.32 Å². The van der Waals surface area contributed by atoms with E-state index < -0.39 is 11.6 Å². The molecule has 1 saturated heterocycles. The summed E-state index contributed by atoms with van der Waals surface area (Å²) in [6, 6.07) is 6.48. The molecule has 19 heavy (non-hydrogen) atoms. The van der Waals surface area contributed by atoms with E-state index in [4.69, 9.17) is 11.6 Å². The van der Waals surface area contributed by atoms with E-state index >= 15 is 0 Å². The lowest BCUT2D eigenvalue weighted by Gasteiger charge is -2.17. The Morgan fingerprint density at radius 1 is 1.47 bits per heavy atom. The maximum absolute atomic E-state index is 12.1. The average Bonchev–Trinajstić information content (AvgIpc) is 2.59. The van der Waals surface area contributed by atoms with E-state index in [0.29, 0.717) is 11.4 Å². The molecule has 1 atom stereocenters. The summed E-state index contributed by atoms with van der Waals surface area (Å²) >= 11 is 5.84. The molecule has 1 aromatic rings. The minimum absolute atomic E-state index is 0.349. The van der Waals surface area contributed by atoms with Crippen molar-refractivity contribution in [1.82, 2.24) is 10.3 Å². The van der Waals surface area contributed by atoms with Gasteiger partial charge in [0.2, 0.25) is 0 Å². The Morgan fingerprint density at radius 3 is 2.79 bits per heavy atom. The summed E-state index contributed by atoms with van der Waals surface area (Å²) in [5.74, 6) is -0.349. The Morgan fingerprint density at radius 2 is 2.21 bits per heavy atom. The summed E-state index contributed by atoms with van der Waals surface area (Å²) in [5, 5.41) is 7.97. The molecule has 6 heteroatoms. The van der Waals surface area contributed by atoms with Gasteiger partial charge >= 0.3 is 6.03 Å². The highest BCUT2D eigenvalue weighted by molar-refractivity contribution is 6.30. The topological polar surface area (TPSA) is 61.8 Å². The number of halogens is 1. The van der Waals surface area contributed by atoms with Crippen molar-refractivity contribution in [3.05, 3.63) is 34.9 Å².